The molecule has 30 nitrogen and oxygen atoms in total. The van der Waals surface area contributed by atoms with Gasteiger partial charge in [-0.15, -0.1) is 0 Å². The molecule has 0 aromatic carbocycles. The molecule has 4 aliphatic heterocycles. The standard InChI is InChI=1S/C82H143N5O25P2S/c1-52(2)23-22-24-53(3)63-33-34-64-62-32-31-56-43-60(35-37-81(56,6)65(62)36-38-82(63,64)7)109-80(100)84-40-18-11-14-30-73(95)87-47-61(45-58(87)51-108-114(103,115)104-8)112-113(101,102)107-50-57-44-59(90)46-86(57)72(94)29-13-10-9-12-26-67(91)66(85-71(93)28-17-21-42-106-79-55(5)75(97)77(99)69(49-89)111-79)25-15-19-39-83-70(92)27-16-20-41-105-78-54(4)74(96)76(98)68(48-88)110-78/h31,52-55,57-66,68-69,74-79,88-90,96-99H,9-30,32-51H2,1-8H3,(H,83,92)(H,84,100)(H,85,93)(H,101,102)(H,103,115)/t53-,54?,55?,57+,58+,59-,60?,61-,62?,63-,64?,65?,66+,68?,69?,74?,75?,76?,77?,78?,79?,81+,82-,114?/m1/s1. The van der Waals surface area contributed by atoms with Crippen LogP contribution in [0.1, 0.15) is 254 Å². The van der Waals surface area contributed by atoms with Gasteiger partial charge in [-0.2, -0.15) is 0 Å². The molecule has 33 heteroatoms. The first-order valence-corrected chi connectivity index (χ1v) is 47.5. The van der Waals surface area contributed by atoms with Crippen LogP contribution < -0.4 is 16.0 Å². The zero-order valence-electron chi connectivity index (χ0n) is 69.7. The number of hydrogen-bond acceptors (Lipinski definition) is 24. The highest BCUT2D eigenvalue weighted by Crippen LogP contribution is 2.67. The average Bonchev–Trinajstić information content (AvgIpc) is 1.68. The van der Waals surface area contributed by atoms with E-state index < -0.39 is 132 Å². The third-order valence-electron chi connectivity index (χ3n) is 26.7. The molecule has 0 radical (unpaired) electrons. The number of carbonyl (C=O) groups excluding carboxylic acids is 6. The lowest BCUT2D eigenvalue weighted by molar-refractivity contribution is -0.282. The molecule has 3 saturated carbocycles. The van der Waals surface area contributed by atoms with Gasteiger partial charge in [0.05, 0.1) is 69.0 Å². The number of amides is 5. The number of ether oxygens (including phenoxy) is 5. The van der Waals surface area contributed by atoms with Crippen LogP contribution in [0.3, 0.4) is 0 Å². The van der Waals surface area contributed by atoms with E-state index in [1.807, 2.05) is 0 Å². The Labute approximate surface area is 687 Å². The van der Waals surface area contributed by atoms with Gasteiger partial charge in [0.25, 0.3) is 0 Å². The number of aliphatic hydroxyl groups excluding tert-OH is 7. The van der Waals surface area contributed by atoms with Gasteiger partial charge in [0.1, 0.15) is 30.5 Å². The van der Waals surface area contributed by atoms with E-state index >= 15 is 0 Å². The molecule has 5 amide bonds. The van der Waals surface area contributed by atoms with Gasteiger partial charge in [0, 0.05) is 96.9 Å². The van der Waals surface area contributed by atoms with Gasteiger partial charge in [0.15, 0.2) is 18.4 Å². The number of Topliss-reactive ketones (excluding diaryl/α,β-unsaturated/α-hetero) is 1. The number of phosphoric ester groups is 1. The van der Waals surface area contributed by atoms with Crippen LogP contribution in [0.15, 0.2) is 11.6 Å². The Bertz CT molecular complexity index is 3180. The van der Waals surface area contributed by atoms with Crippen molar-refractivity contribution >= 4 is 61.9 Å². The van der Waals surface area contributed by atoms with Crippen LogP contribution in [0, 0.1) is 58.2 Å². The number of hydrogen-bond donors (Lipinski definition) is 12. The number of allylic oxidation sites excluding steroid dienone is 1. The zero-order chi connectivity index (χ0) is 83.8. The molecule has 0 spiro atoms. The van der Waals surface area contributed by atoms with Crippen LogP contribution in [0.2, 0.25) is 0 Å². The Hall–Kier alpha value is -3.24. The van der Waals surface area contributed by atoms with E-state index in [9.17, 15) is 78.9 Å². The first-order chi connectivity index (χ1) is 54.7. The lowest BCUT2D eigenvalue weighted by Crippen LogP contribution is -2.55. The summed E-state index contributed by atoms with van der Waals surface area (Å²) >= 11 is 5.07. The summed E-state index contributed by atoms with van der Waals surface area (Å²) in [6.07, 6.45) is 12.3. The maximum atomic E-state index is 13.9. The summed E-state index contributed by atoms with van der Waals surface area (Å²) in [5.41, 5.74) is 2.04. The van der Waals surface area contributed by atoms with Crippen LogP contribution in [0.5, 0.6) is 0 Å². The predicted molar refractivity (Wildman–Crippen MR) is 431 cm³/mol. The number of unbranched alkanes of at least 4 members (excludes halogenated alkanes) is 8. The molecule has 662 valence electrons. The number of phosphoric acid groups is 1. The molecule has 8 rings (SSSR count). The van der Waals surface area contributed by atoms with Crippen molar-refractivity contribution in [2.45, 2.75) is 340 Å². The lowest BCUT2D eigenvalue weighted by atomic mass is 9.47. The van der Waals surface area contributed by atoms with Crippen LogP contribution in [0.25, 0.3) is 0 Å². The minimum Gasteiger partial charge on any atom is -0.446 e. The number of fused-ring (bicyclic) bond motifs is 5. The van der Waals surface area contributed by atoms with Gasteiger partial charge in [-0.1, -0.05) is 98.6 Å². The van der Waals surface area contributed by atoms with Crippen molar-refractivity contribution in [2.75, 3.05) is 72.9 Å². The molecule has 7 fully saturated rings. The van der Waals surface area contributed by atoms with Gasteiger partial charge in [-0.25, -0.2) is 9.36 Å². The fourth-order valence-electron chi connectivity index (χ4n) is 19.9. The number of β-amino-alcohol motifs (C(OH)–C–C–N with tert-alkyl or cyclic N) is 1. The Kier molecular flexibility index (Phi) is 39.6. The summed E-state index contributed by atoms with van der Waals surface area (Å²) in [6.45, 7) is 11.3. The second-order valence-corrected chi connectivity index (χ2v) is 39.7. The highest BCUT2D eigenvalue weighted by molar-refractivity contribution is 8.07. The van der Waals surface area contributed by atoms with Gasteiger partial charge < -0.3 is 104 Å². The summed E-state index contributed by atoms with van der Waals surface area (Å²) in [7, 11) is -3.64. The van der Waals surface area contributed by atoms with Crippen molar-refractivity contribution in [1.82, 2.24) is 25.8 Å². The van der Waals surface area contributed by atoms with Crippen LogP contribution >= 0.6 is 14.5 Å². The fourth-order valence-corrected chi connectivity index (χ4v) is 21.5. The van der Waals surface area contributed by atoms with E-state index in [0.717, 1.165) is 55.3 Å². The van der Waals surface area contributed by atoms with Crippen molar-refractivity contribution in [3.05, 3.63) is 11.6 Å². The van der Waals surface area contributed by atoms with Crippen molar-refractivity contribution in [3.8, 4) is 0 Å². The van der Waals surface area contributed by atoms with E-state index in [1.165, 1.54) is 67.4 Å². The Morgan fingerprint density at radius 2 is 1.20 bits per heavy atom. The molecule has 25 atom stereocenters. The molecule has 4 saturated heterocycles. The maximum absolute atomic E-state index is 13.9. The monoisotopic (exact) mass is 1690 g/mol. The van der Waals surface area contributed by atoms with E-state index in [-0.39, 0.29) is 119 Å². The smallest absolute Gasteiger partial charge is 0.446 e. The SMILES string of the molecule is COP(O)(=S)OC[C@@H]1C[C@@H](OP(=O)(O)OC[C@@H]2C[C@@H](O)CN2C(=O)CCCCCCC(=O)[C@H](CCCCNC(=O)CCCCOC2OC(CO)C(O)C(O)C2C)NC(=O)CCCCOC2OC(CO)C(O)C(O)C2C)CN1C(=O)CCCCCNC(=O)OC1CC[C@@]2(C)C(=CCC3C2CC[C@@]2(C)C3CC[C@@H]2[C@H](C)CCCC(C)C)C1. The second-order valence-electron chi connectivity index (χ2n) is 35.4. The maximum Gasteiger partial charge on any atom is 0.472 e. The van der Waals surface area contributed by atoms with Crippen molar-refractivity contribution in [2.24, 2.45) is 58.2 Å². The molecular formula is C82H143N5O25P2S. The van der Waals surface area contributed by atoms with Crippen LogP contribution in [-0.4, -0.2) is 249 Å². The van der Waals surface area contributed by atoms with Gasteiger partial charge in [0.2, 0.25) is 23.6 Å². The van der Waals surface area contributed by atoms with Crippen LogP contribution in [-0.2, 0) is 82.1 Å². The molecular weight excluding hydrogens is 1550 g/mol. The molecule has 0 aromatic rings. The van der Waals surface area contributed by atoms with Crippen LogP contribution in [0.4, 0.5) is 4.79 Å². The molecule has 0 aromatic heterocycles. The van der Waals surface area contributed by atoms with Gasteiger partial charge >= 0.3 is 20.6 Å². The van der Waals surface area contributed by atoms with Crippen molar-refractivity contribution < 1.29 is 121 Å². The third kappa shape index (κ3) is 28.4. The molecule has 16 unspecified atom stereocenters. The van der Waals surface area contributed by atoms with E-state index in [0.29, 0.717) is 114 Å². The molecule has 4 aliphatic carbocycles. The molecule has 4 heterocycles. The number of likely N-dealkylation sites (tertiary alicyclic amines) is 2. The lowest BCUT2D eigenvalue weighted by Gasteiger charge is -2.58. The summed E-state index contributed by atoms with van der Waals surface area (Å²) in [5.74, 6) is 2.16. The largest absolute Gasteiger partial charge is 0.472 e. The summed E-state index contributed by atoms with van der Waals surface area (Å²) < 4.78 is 64.2. The normalized spacial score (nSPS) is 33.6. The highest BCUT2D eigenvalue weighted by atomic mass is 32.5. The Balaban J connectivity index is 0.717. The second kappa shape index (κ2) is 46.9. The van der Waals surface area contributed by atoms with E-state index in [2.05, 4.69) is 56.6 Å². The number of nitrogens with zero attached hydrogens (tertiary/aromatic N) is 2. The molecule has 0 bridgehead atoms. The Morgan fingerprint density at radius 3 is 1.83 bits per heavy atom. The molecule has 115 heavy (non-hydrogen) atoms. The topological polar surface area (TPSA) is 427 Å². The first-order valence-electron chi connectivity index (χ1n) is 43.4. The first kappa shape index (κ1) is 97.2. The number of carbonyl (C=O) groups is 6. The third-order valence-corrected chi connectivity index (χ3v) is 29.5. The fraction of sp³-hybridized carbons (Fsp3) is 0.902. The number of alkyl carbamates (subject to hydrolysis) is 1. The minimum absolute atomic E-state index is 0.0214. The number of nitrogens with one attached hydrogen (secondary N) is 3. The number of aliphatic hydroxyl groups is 7. The quantitative estimate of drug-likeness (QED) is 0.0154. The number of rotatable bonds is 49. The minimum atomic E-state index is -4.85. The summed E-state index contributed by atoms with van der Waals surface area (Å²) in [4.78, 5) is 105. The molecule has 8 aliphatic rings. The number of ketones is 1. The average molecular weight is 1690 g/mol. The predicted octanol–water partition coefficient (Wildman–Crippen LogP) is 8.83. The van der Waals surface area contributed by atoms with E-state index in [1.54, 1.807) is 13.8 Å². The molecule has 12 N–H and O–H groups in total. The Morgan fingerprint density at radius 1 is 0.626 bits per heavy atom. The highest BCUT2D eigenvalue weighted by Gasteiger charge is 2.60. The van der Waals surface area contributed by atoms with Gasteiger partial charge in [-0.05, 0) is 187 Å². The zero-order valence-corrected chi connectivity index (χ0v) is 72.3. The van der Waals surface area contributed by atoms with E-state index in [4.69, 9.17) is 53.6 Å². The summed E-state index contributed by atoms with van der Waals surface area (Å²) in [6, 6.07) is -2.28. The summed E-state index contributed by atoms with van der Waals surface area (Å²) in [5, 5.41) is 79.6. The van der Waals surface area contributed by atoms with Crippen molar-refractivity contribution in [1.29, 1.82) is 0 Å². The van der Waals surface area contributed by atoms with Gasteiger partial charge in [-0.3, -0.25) is 33.0 Å². The van der Waals surface area contributed by atoms with Crippen molar-refractivity contribution in [3.63, 3.8) is 0 Å².